The summed E-state index contributed by atoms with van der Waals surface area (Å²) in [5.41, 5.74) is 1.89. The van der Waals surface area contributed by atoms with Crippen molar-refractivity contribution in [1.29, 1.82) is 0 Å². The smallest absolute Gasteiger partial charge is 0.382 e. The Bertz CT molecular complexity index is 369. The van der Waals surface area contributed by atoms with Crippen LogP contribution in [0, 0.1) is 0 Å². The van der Waals surface area contributed by atoms with Crippen LogP contribution in [0.25, 0.3) is 0 Å². The minimum Gasteiger partial charge on any atom is -0.382 e. The van der Waals surface area contributed by atoms with E-state index in [0.29, 0.717) is 19.6 Å². The highest BCUT2D eigenvalue weighted by atomic mass is 19.4. The summed E-state index contributed by atoms with van der Waals surface area (Å²) in [6, 6.07) is 4.84. The number of halogens is 3. The first-order valence-electron chi connectivity index (χ1n) is 5.70. The van der Waals surface area contributed by atoms with E-state index in [1.807, 2.05) is 6.92 Å². The Morgan fingerprint density at radius 2 is 2.00 bits per heavy atom. The number of hydrogen-bond donors (Lipinski definition) is 2. The van der Waals surface area contributed by atoms with Crippen LogP contribution in [-0.4, -0.2) is 13.2 Å². The van der Waals surface area contributed by atoms with Crippen molar-refractivity contribution < 1.29 is 17.9 Å². The molecule has 0 aliphatic heterocycles. The Morgan fingerprint density at radius 3 is 2.56 bits per heavy atom. The maximum Gasteiger partial charge on any atom is 0.416 e. The fourth-order valence-electron chi connectivity index (χ4n) is 1.73. The average molecular weight is 262 g/mol. The van der Waals surface area contributed by atoms with Gasteiger partial charge in [0.25, 0.3) is 0 Å². The lowest BCUT2D eigenvalue weighted by atomic mass is 9.98. The van der Waals surface area contributed by atoms with Crippen molar-refractivity contribution in [2.24, 2.45) is 5.84 Å². The molecule has 1 aromatic rings. The van der Waals surface area contributed by atoms with Gasteiger partial charge in [-0.3, -0.25) is 11.3 Å². The van der Waals surface area contributed by atoms with Crippen LogP contribution < -0.4 is 11.3 Å². The van der Waals surface area contributed by atoms with Crippen LogP contribution in [0.4, 0.5) is 13.2 Å². The SMILES string of the molecule is CCOCCC(NN)c1ccccc1C(F)(F)F. The molecule has 6 heteroatoms. The molecule has 102 valence electrons. The number of nitrogens with two attached hydrogens (primary N) is 1. The van der Waals surface area contributed by atoms with E-state index in [-0.39, 0.29) is 5.56 Å². The molecule has 18 heavy (non-hydrogen) atoms. The first-order valence-corrected chi connectivity index (χ1v) is 5.70. The molecule has 0 fully saturated rings. The van der Waals surface area contributed by atoms with E-state index < -0.39 is 17.8 Å². The molecule has 0 bridgehead atoms. The predicted octanol–water partition coefficient (Wildman–Crippen LogP) is 2.64. The van der Waals surface area contributed by atoms with Crippen molar-refractivity contribution in [2.45, 2.75) is 25.6 Å². The molecular formula is C12H17F3N2O. The van der Waals surface area contributed by atoms with Gasteiger partial charge in [0, 0.05) is 19.3 Å². The minimum atomic E-state index is -4.38. The lowest BCUT2D eigenvalue weighted by Gasteiger charge is -2.20. The molecule has 0 radical (unpaired) electrons. The summed E-state index contributed by atoms with van der Waals surface area (Å²) in [7, 11) is 0. The number of nitrogens with one attached hydrogen (secondary N) is 1. The lowest BCUT2D eigenvalue weighted by Crippen LogP contribution is -2.30. The third kappa shape index (κ3) is 3.97. The number of hydrogen-bond acceptors (Lipinski definition) is 3. The van der Waals surface area contributed by atoms with Crippen LogP contribution in [0.3, 0.4) is 0 Å². The number of hydrazine groups is 1. The van der Waals surface area contributed by atoms with E-state index in [4.69, 9.17) is 10.6 Å². The standard InChI is InChI=1S/C12H17F3N2O/c1-2-18-8-7-11(17-16)9-5-3-4-6-10(9)12(13,14)15/h3-6,11,17H,2,7-8,16H2,1H3. The molecule has 0 spiro atoms. The molecule has 1 aromatic carbocycles. The largest absolute Gasteiger partial charge is 0.416 e. The molecule has 0 saturated heterocycles. The molecule has 0 aliphatic rings. The molecule has 1 rings (SSSR count). The second kappa shape index (κ2) is 6.72. The van der Waals surface area contributed by atoms with E-state index in [1.54, 1.807) is 6.07 Å². The maximum absolute atomic E-state index is 12.8. The number of benzene rings is 1. The molecular weight excluding hydrogens is 245 g/mol. The van der Waals surface area contributed by atoms with E-state index in [0.717, 1.165) is 6.07 Å². The predicted molar refractivity (Wildman–Crippen MR) is 62.6 cm³/mol. The highest BCUT2D eigenvalue weighted by Crippen LogP contribution is 2.35. The number of rotatable bonds is 6. The molecule has 0 aromatic heterocycles. The summed E-state index contributed by atoms with van der Waals surface area (Å²) in [5.74, 6) is 5.33. The summed E-state index contributed by atoms with van der Waals surface area (Å²) in [5, 5.41) is 0. The zero-order chi connectivity index (χ0) is 13.6. The topological polar surface area (TPSA) is 47.3 Å². The van der Waals surface area contributed by atoms with Gasteiger partial charge in [0.2, 0.25) is 0 Å². The van der Waals surface area contributed by atoms with Crippen molar-refractivity contribution in [3.63, 3.8) is 0 Å². The van der Waals surface area contributed by atoms with Crippen LogP contribution in [0.2, 0.25) is 0 Å². The fourth-order valence-corrected chi connectivity index (χ4v) is 1.73. The second-order valence-electron chi connectivity index (χ2n) is 3.79. The number of ether oxygens (including phenoxy) is 1. The molecule has 3 nitrogen and oxygen atoms in total. The zero-order valence-corrected chi connectivity index (χ0v) is 10.1. The van der Waals surface area contributed by atoms with Crippen molar-refractivity contribution >= 4 is 0 Å². The van der Waals surface area contributed by atoms with Gasteiger partial charge in [0.05, 0.1) is 5.56 Å². The monoisotopic (exact) mass is 262 g/mol. The zero-order valence-electron chi connectivity index (χ0n) is 10.1. The van der Waals surface area contributed by atoms with E-state index in [9.17, 15) is 13.2 Å². The second-order valence-corrected chi connectivity index (χ2v) is 3.79. The quantitative estimate of drug-likeness (QED) is 0.470. The molecule has 0 aliphatic carbocycles. The van der Waals surface area contributed by atoms with Gasteiger partial charge in [-0.1, -0.05) is 18.2 Å². The van der Waals surface area contributed by atoms with Gasteiger partial charge in [-0.2, -0.15) is 13.2 Å². The minimum absolute atomic E-state index is 0.146. The van der Waals surface area contributed by atoms with Crippen molar-refractivity contribution in [1.82, 2.24) is 5.43 Å². The summed E-state index contributed by atoms with van der Waals surface area (Å²) < 4.78 is 43.6. The summed E-state index contributed by atoms with van der Waals surface area (Å²) in [6.45, 7) is 2.71. The molecule has 1 atom stereocenters. The van der Waals surface area contributed by atoms with Gasteiger partial charge in [-0.25, -0.2) is 0 Å². The van der Waals surface area contributed by atoms with Crippen molar-refractivity contribution in [3.05, 3.63) is 35.4 Å². The number of alkyl halides is 3. The average Bonchev–Trinajstić information content (AvgIpc) is 2.34. The van der Waals surface area contributed by atoms with Crippen LogP contribution in [-0.2, 0) is 10.9 Å². The molecule has 0 amide bonds. The Labute approximate surface area is 104 Å². The molecule has 3 N–H and O–H groups in total. The highest BCUT2D eigenvalue weighted by Gasteiger charge is 2.34. The van der Waals surface area contributed by atoms with Gasteiger partial charge < -0.3 is 4.74 Å². The van der Waals surface area contributed by atoms with E-state index in [2.05, 4.69) is 5.43 Å². The normalized spacial score (nSPS) is 13.6. The van der Waals surface area contributed by atoms with Gasteiger partial charge in [0.15, 0.2) is 0 Å². The van der Waals surface area contributed by atoms with Gasteiger partial charge >= 0.3 is 6.18 Å². The molecule has 0 saturated carbocycles. The van der Waals surface area contributed by atoms with Crippen LogP contribution >= 0.6 is 0 Å². The van der Waals surface area contributed by atoms with Crippen LogP contribution in [0.1, 0.15) is 30.5 Å². The van der Waals surface area contributed by atoms with Gasteiger partial charge in [-0.05, 0) is 25.0 Å². The van der Waals surface area contributed by atoms with Gasteiger partial charge in [0.1, 0.15) is 0 Å². The summed E-state index contributed by atoms with van der Waals surface area (Å²) in [4.78, 5) is 0. The fraction of sp³-hybridized carbons (Fsp3) is 0.500. The van der Waals surface area contributed by atoms with Gasteiger partial charge in [-0.15, -0.1) is 0 Å². The summed E-state index contributed by atoms with van der Waals surface area (Å²) >= 11 is 0. The third-order valence-electron chi connectivity index (χ3n) is 2.60. The molecule has 0 heterocycles. The Balaban J connectivity index is 2.91. The maximum atomic E-state index is 12.8. The first-order chi connectivity index (χ1) is 8.50. The van der Waals surface area contributed by atoms with Crippen LogP contribution in [0.5, 0.6) is 0 Å². The Hall–Kier alpha value is -1.11. The van der Waals surface area contributed by atoms with Crippen molar-refractivity contribution in [3.8, 4) is 0 Å². The van der Waals surface area contributed by atoms with Crippen molar-refractivity contribution in [2.75, 3.05) is 13.2 Å². The first kappa shape index (κ1) is 14.9. The van der Waals surface area contributed by atoms with Crippen LogP contribution in [0.15, 0.2) is 24.3 Å². The lowest BCUT2D eigenvalue weighted by molar-refractivity contribution is -0.138. The third-order valence-corrected chi connectivity index (χ3v) is 2.60. The summed E-state index contributed by atoms with van der Waals surface area (Å²) in [6.07, 6.45) is -3.99. The van der Waals surface area contributed by atoms with E-state index >= 15 is 0 Å². The highest BCUT2D eigenvalue weighted by molar-refractivity contribution is 5.32. The Morgan fingerprint density at radius 1 is 1.33 bits per heavy atom. The molecule has 1 unspecified atom stereocenters. The Kier molecular flexibility index (Phi) is 5.58. The van der Waals surface area contributed by atoms with E-state index in [1.165, 1.54) is 12.1 Å².